The number of fused-ring (bicyclic) bond motifs is 1. The van der Waals surface area contributed by atoms with Crippen LogP contribution >= 0.6 is 0 Å². The number of aromatic nitrogens is 1. The van der Waals surface area contributed by atoms with E-state index in [1.54, 1.807) is 0 Å². The summed E-state index contributed by atoms with van der Waals surface area (Å²) in [5, 5.41) is 8.89. The zero-order valence-corrected chi connectivity index (χ0v) is 7.71. The van der Waals surface area contributed by atoms with E-state index >= 15 is 0 Å². The van der Waals surface area contributed by atoms with Crippen LogP contribution in [-0.2, 0) is 24.6 Å². The SMILES string of the molecule is Cn1cc(C#N)c2c1CCOCC2. The quantitative estimate of drug-likeness (QED) is 0.591. The van der Waals surface area contributed by atoms with E-state index in [1.165, 1.54) is 11.3 Å². The largest absolute Gasteiger partial charge is 0.381 e. The second-order valence-corrected chi connectivity index (χ2v) is 3.30. The second kappa shape index (κ2) is 3.23. The Morgan fingerprint density at radius 1 is 1.46 bits per heavy atom. The summed E-state index contributed by atoms with van der Waals surface area (Å²) in [6, 6.07) is 2.23. The van der Waals surface area contributed by atoms with E-state index in [0.717, 1.165) is 31.6 Å². The van der Waals surface area contributed by atoms with Crippen LogP contribution in [0.25, 0.3) is 0 Å². The molecule has 68 valence electrons. The summed E-state index contributed by atoms with van der Waals surface area (Å²) < 4.78 is 7.41. The van der Waals surface area contributed by atoms with Crippen molar-refractivity contribution in [2.45, 2.75) is 12.8 Å². The fourth-order valence-corrected chi connectivity index (χ4v) is 1.87. The predicted octanol–water partition coefficient (Wildman–Crippen LogP) is 1.01. The average Bonchev–Trinajstić information content (AvgIpc) is 2.38. The Morgan fingerprint density at radius 3 is 3.00 bits per heavy atom. The highest BCUT2D eigenvalue weighted by molar-refractivity contribution is 5.41. The summed E-state index contributed by atoms with van der Waals surface area (Å²) in [6.07, 6.45) is 3.71. The van der Waals surface area contributed by atoms with Crippen LogP contribution in [0.3, 0.4) is 0 Å². The van der Waals surface area contributed by atoms with Crippen molar-refractivity contribution < 1.29 is 4.74 Å². The molecule has 0 radical (unpaired) electrons. The highest BCUT2D eigenvalue weighted by Crippen LogP contribution is 2.19. The Labute approximate surface area is 77.5 Å². The molecule has 0 amide bonds. The van der Waals surface area contributed by atoms with Gasteiger partial charge in [-0.3, -0.25) is 0 Å². The number of hydrogen-bond acceptors (Lipinski definition) is 2. The molecule has 13 heavy (non-hydrogen) atoms. The van der Waals surface area contributed by atoms with Gasteiger partial charge in [-0.1, -0.05) is 0 Å². The number of rotatable bonds is 0. The van der Waals surface area contributed by atoms with E-state index in [-0.39, 0.29) is 0 Å². The summed E-state index contributed by atoms with van der Waals surface area (Å²) in [6.45, 7) is 1.52. The first-order valence-electron chi connectivity index (χ1n) is 4.48. The van der Waals surface area contributed by atoms with Gasteiger partial charge in [-0.05, 0) is 12.0 Å². The molecule has 1 aliphatic heterocycles. The Bertz CT molecular complexity index is 360. The van der Waals surface area contributed by atoms with Gasteiger partial charge in [-0.25, -0.2) is 0 Å². The van der Waals surface area contributed by atoms with Crippen LogP contribution in [0, 0.1) is 11.3 Å². The molecular formula is C10H12N2O. The maximum Gasteiger partial charge on any atom is 0.101 e. The van der Waals surface area contributed by atoms with Gasteiger partial charge in [-0.2, -0.15) is 5.26 Å². The highest BCUT2D eigenvalue weighted by Gasteiger charge is 2.15. The van der Waals surface area contributed by atoms with Crippen LogP contribution < -0.4 is 0 Å². The molecule has 0 saturated carbocycles. The Kier molecular flexibility index (Phi) is 2.07. The molecule has 0 aromatic carbocycles. The van der Waals surface area contributed by atoms with Gasteiger partial charge >= 0.3 is 0 Å². The van der Waals surface area contributed by atoms with E-state index in [4.69, 9.17) is 10.00 Å². The smallest absolute Gasteiger partial charge is 0.101 e. The predicted molar refractivity (Wildman–Crippen MR) is 48.4 cm³/mol. The van der Waals surface area contributed by atoms with Crippen LogP contribution in [-0.4, -0.2) is 17.8 Å². The van der Waals surface area contributed by atoms with Gasteiger partial charge in [-0.15, -0.1) is 0 Å². The van der Waals surface area contributed by atoms with Crippen molar-refractivity contribution in [1.29, 1.82) is 5.26 Å². The number of nitriles is 1. The van der Waals surface area contributed by atoms with E-state index < -0.39 is 0 Å². The number of aryl methyl sites for hydroxylation is 1. The lowest BCUT2D eigenvalue weighted by Crippen LogP contribution is -1.99. The normalized spacial score (nSPS) is 16.0. The van der Waals surface area contributed by atoms with Crippen molar-refractivity contribution in [3.8, 4) is 6.07 Å². The fourth-order valence-electron chi connectivity index (χ4n) is 1.87. The molecule has 0 saturated heterocycles. The van der Waals surface area contributed by atoms with Crippen LogP contribution in [0.2, 0.25) is 0 Å². The molecule has 0 N–H and O–H groups in total. The first-order valence-corrected chi connectivity index (χ1v) is 4.48. The molecule has 1 aliphatic rings. The zero-order valence-electron chi connectivity index (χ0n) is 7.71. The lowest BCUT2D eigenvalue weighted by atomic mass is 10.1. The van der Waals surface area contributed by atoms with Gasteiger partial charge in [0.05, 0.1) is 18.8 Å². The molecule has 0 unspecified atom stereocenters. The molecule has 0 atom stereocenters. The van der Waals surface area contributed by atoms with Crippen molar-refractivity contribution >= 4 is 0 Å². The minimum absolute atomic E-state index is 0.742. The van der Waals surface area contributed by atoms with Crippen molar-refractivity contribution in [3.63, 3.8) is 0 Å². The monoisotopic (exact) mass is 176 g/mol. The minimum atomic E-state index is 0.742. The third kappa shape index (κ3) is 1.34. The van der Waals surface area contributed by atoms with Crippen LogP contribution in [0.5, 0.6) is 0 Å². The number of nitrogens with zero attached hydrogens (tertiary/aromatic N) is 2. The molecule has 2 rings (SSSR count). The molecule has 3 heteroatoms. The van der Waals surface area contributed by atoms with Crippen molar-refractivity contribution in [1.82, 2.24) is 4.57 Å². The first kappa shape index (κ1) is 8.33. The maximum absolute atomic E-state index is 8.89. The molecule has 1 aromatic rings. The maximum atomic E-state index is 8.89. The third-order valence-electron chi connectivity index (χ3n) is 2.52. The van der Waals surface area contributed by atoms with Gasteiger partial charge in [0.25, 0.3) is 0 Å². The molecule has 0 fully saturated rings. The molecule has 0 aliphatic carbocycles. The van der Waals surface area contributed by atoms with Gasteiger partial charge in [0.1, 0.15) is 6.07 Å². The van der Waals surface area contributed by atoms with Crippen molar-refractivity contribution in [2.75, 3.05) is 13.2 Å². The van der Waals surface area contributed by atoms with Crippen molar-refractivity contribution in [3.05, 3.63) is 23.0 Å². The molecule has 0 spiro atoms. The molecule has 0 bridgehead atoms. The Hall–Kier alpha value is -1.27. The zero-order chi connectivity index (χ0) is 9.26. The lowest BCUT2D eigenvalue weighted by Gasteiger charge is -2.00. The Morgan fingerprint density at radius 2 is 2.23 bits per heavy atom. The Balaban J connectivity index is 2.49. The van der Waals surface area contributed by atoms with Gasteiger partial charge < -0.3 is 9.30 Å². The average molecular weight is 176 g/mol. The topological polar surface area (TPSA) is 38.0 Å². The van der Waals surface area contributed by atoms with Gasteiger partial charge in [0.2, 0.25) is 0 Å². The number of hydrogen-bond donors (Lipinski definition) is 0. The summed E-state index contributed by atoms with van der Waals surface area (Å²) in [5.41, 5.74) is 3.25. The van der Waals surface area contributed by atoms with Gasteiger partial charge in [0, 0.05) is 25.4 Å². The summed E-state index contributed by atoms with van der Waals surface area (Å²) in [4.78, 5) is 0. The van der Waals surface area contributed by atoms with E-state index in [0.29, 0.717) is 0 Å². The second-order valence-electron chi connectivity index (χ2n) is 3.30. The number of ether oxygens (including phenoxy) is 1. The summed E-state index contributed by atoms with van der Waals surface area (Å²) in [7, 11) is 1.99. The highest BCUT2D eigenvalue weighted by atomic mass is 16.5. The summed E-state index contributed by atoms with van der Waals surface area (Å²) >= 11 is 0. The molecule has 3 nitrogen and oxygen atoms in total. The van der Waals surface area contributed by atoms with Crippen molar-refractivity contribution in [2.24, 2.45) is 7.05 Å². The van der Waals surface area contributed by atoms with E-state index in [1.807, 2.05) is 17.8 Å². The van der Waals surface area contributed by atoms with Crippen LogP contribution in [0.4, 0.5) is 0 Å². The standard InChI is InChI=1S/C10H12N2O/c1-12-7-8(6-11)9-2-4-13-5-3-10(9)12/h7H,2-5H2,1H3. The van der Waals surface area contributed by atoms with E-state index in [9.17, 15) is 0 Å². The fraction of sp³-hybridized carbons (Fsp3) is 0.500. The lowest BCUT2D eigenvalue weighted by molar-refractivity contribution is 0.145. The van der Waals surface area contributed by atoms with Crippen LogP contribution in [0.1, 0.15) is 16.8 Å². The molecular weight excluding hydrogens is 164 g/mol. The molecule has 2 heterocycles. The summed E-state index contributed by atoms with van der Waals surface area (Å²) in [5.74, 6) is 0. The first-order chi connectivity index (χ1) is 6.33. The molecule has 1 aromatic heterocycles. The minimum Gasteiger partial charge on any atom is -0.381 e. The van der Waals surface area contributed by atoms with Gasteiger partial charge in [0.15, 0.2) is 0 Å². The van der Waals surface area contributed by atoms with Crippen LogP contribution in [0.15, 0.2) is 6.20 Å². The van der Waals surface area contributed by atoms with E-state index in [2.05, 4.69) is 6.07 Å². The third-order valence-corrected chi connectivity index (χ3v) is 2.52.